The quantitative estimate of drug-likeness (QED) is 0.656. The molecule has 0 fully saturated rings. The van der Waals surface area contributed by atoms with Crippen molar-refractivity contribution in [2.75, 3.05) is 0 Å². The van der Waals surface area contributed by atoms with Gasteiger partial charge in [-0.25, -0.2) is 4.68 Å². The molecule has 3 rings (SSSR count). The summed E-state index contributed by atoms with van der Waals surface area (Å²) >= 11 is 0. The Morgan fingerprint density at radius 1 is 0.632 bits per heavy atom. The van der Waals surface area contributed by atoms with Crippen LogP contribution in [-0.2, 0) is 0 Å². The highest BCUT2D eigenvalue weighted by Crippen LogP contribution is 2.28. The molecule has 3 heteroatoms. The average molecular weight is 247 g/mol. The number of benzene rings is 2. The van der Waals surface area contributed by atoms with E-state index in [2.05, 4.69) is 5.22 Å². The Kier molecular flexibility index (Phi) is 2.94. The molecule has 2 aromatic carbocycles. The first-order valence-corrected chi connectivity index (χ1v) is 6.10. The third-order valence-electron chi connectivity index (χ3n) is 3.09. The largest absolute Gasteiger partial charge is 0.214 e. The zero-order valence-corrected chi connectivity index (χ0v) is 10.3. The van der Waals surface area contributed by atoms with Gasteiger partial charge in [-0.05, 0) is 12.1 Å². The van der Waals surface area contributed by atoms with Gasteiger partial charge in [0, 0.05) is 11.1 Å². The van der Waals surface area contributed by atoms with Crippen molar-refractivity contribution in [3.63, 3.8) is 0 Å². The van der Waals surface area contributed by atoms with Crippen LogP contribution in [0.2, 0.25) is 0 Å². The summed E-state index contributed by atoms with van der Waals surface area (Å²) in [6.07, 6.45) is 0. The fourth-order valence-corrected chi connectivity index (χ4v) is 2.19. The third-order valence-corrected chi connectivity index (χ3v) is 3.09. The van der Waals surface area contributed by atoms with Crippen LogP contribution in [0, 0.1) is 5.53 Å². The smallest absolute Gasteiger partial charge is 0.0743 e. The van der Waals surface area contributed by atoms with Crippen molar-refractivity contribution >= 4 is 0 Å². The number of nitrogens with zero attached hydrogens (tertiary/aromatic N) is 2. The van der Waals surface area contributed by atoms with Crippen molar-refractivity contribution in [1.29, 1.82) is 5.53 Å². The van der Waals surface area contributed by atoms with Crippen LogP contribution in [0.3, 0.4) is 0 Å². The maximum Gasteiger partial charge on any atom is 0.0743 e. The molecule has 0 aliphatic heterocycles. The number of hydrogen-bond donors (Lipinski definition) is 1. The summed E-state index contributed by atoms with van der Waals surface area (Å²) in [6.45, 7) is 0. The molecular weight excluding hydrogens is 234 g/mol. The lowest BCUT2D eigenvalue weighted by atomic mass is 10.2. The van der Waals surface area contributed by atoms with E-state index in [1.165, 1.54) is 0 Å². The molecule has 0 bridgehead atoms. The summed E-state index contributed by atoms with van der Waals surface area (Å²) in [6, 6.07) is 24.0. The van der Waals surface area contributed by atoms with Gasteiger partial charge in [-0.15, -0.1) is 0 Å². The molecule has 0 saturated carbocycles. The second kappa shape index (κ2) is 4.90. The van der Waals surface area contributed by atoms with Crippen molar-refractivity contribution in [1.82, 2.24) is 4.68 Å². The zero-order chi connectivity index (χ0) is 13.1. The lowest BCUT2D eigenvalue weighted by Crippen LogP contribution is -1.93. The molecule has 3 nitrogen and oxygen atoms in total. The third kappa shape index (κ3) is 2.06. The molecule has 19 heavy (non-hydrogen) atoms. The van der Waals surface area contributed by atoms with Gasteiger partial charge in [0.2, 0.25) is 0 Å². The van der Waals surface area contributed by atoms with Crippen molar-refractivity contribution in [2.24, 2.45) is 5.22 Å². The normalized spacial score (nSPS) is 10.3. The summed E-state index contributed by atoms with van der Waals surface area (Å²) in [5.41, 5.74) is 11.4. The Bertz CT molecular complexity index is 628. The van der Waals surface area contributed by atoms with Gasteiger partial charge < -0.3 is 0 Å². The van der Waals surface area contributed by atoms with E-state index < -0.39 is 0 Å². The summed E-state index contributed by atoms with van der Waals surface area (Å²) in [4.78, 5) is 0. The minimum Gasteiger partial charge on any atom is -0.214 e. The van der Waals surface area contributed by atoms with Crippen LogP contribution in [0.1, 0.15) is 0 Å². The van der Waals surface area contributed by atoms with Crippen LogP contribution >= 0.6 is 0 Å². The second-order valence-electron chi connectivity index (χ2n) is 4.25. The van der Waals surface area contributed by atoms with E-state index in [9.17, 15) is 0 Å². The zero-order valence-electron chi connectivity index (χ0n) is 10.3. The monoisotopic (exact) mass is 247 g/mol. The Morgan fingerprint density at radius 3 is 1.42 bits per heavy atom. The lowest BCUT2D eigenvalue weighted by molar-refractivity contribution is 0.787. The first-order chi connectivity index (χ1) is 9.40. The van der Waals surface area contributed by atoms with E-state index in [0.29, 0.717) is 0 Å². The number of rotatable bonds is 3. The van der Waals surface area contributed by atoms with Crippen LogP contribution < -0.4 is 0 Å². The SMILES string of the molecule is N=Nn1c(-c2ccccc2)ccc1-c1ccccc1. The highest BCUT2D eigenvalue weighted by atomic mass is 15.4. The Balaban J connectivity index is 2.15. The molecule has 0 unspecified atom stereocenters. The molecule has 1 aromatic heterocycles. The van der Waals surface area contributed by atoms with Crippen LogP contribution in [0.4, 0.5) is 0 Å². The highest BCUT2D eigenvalue weighted by molar-refractivity contribution is 5.69. The van der Waals surface area contributed by atoms with Crippen molar-refractivity contribution < 1.29 is 0 Å². The van der Waals surface area contributed by atoms with Crippen molar-refractivity contribution in [3.05, 3.63) is 72.8 Å². The number of aromatic nitrogens is 1. The molecule has 1 N–H and O–H groups in total. The topological polar surface area (TPSA) is 41.1 Å². The molecule has 0 atom stereocenters. The van der Waals surface area contributed by atoms with Crippen molar-refractivity contribution in [3.8, 4) is 22.5 Å². The first-order valence-electron chi connectivity index (χ1n) is 6.10. The number of nitrogens with one attached hydrogen (secondary N) is 1. The lowest BCUT2D eigenvalue weighted by Gasteiger charge is -2.06. The average Bonchev–Trinajstić information content (AvgIpc) is 2.93. The molecule has 0 aliphatic rings. The molecule has 3 aromatic rings. The summed E-state index contributed by atoms with van der Waals surface area (Å²) in [5.74, 6) is 0. The summed E-state index contributed by atoms with van der Waals surface area (Å²) in [7, 11) is 0. The van der Waals surface area contributed by atoms with Crippen molar-refractivity contribution in [2.45, 2.75) is 0 Å². The molecule has 0 amide bonds. The second-order valence-corrected chi connectivity index (χ2v) is 4.25. The minimum atomic E-state index is 0.925. The van der Waals surface area contributed by atoms with E-state index in [-0.39, 0.29) is 0 Å². The van der Waals surface area contributed by atoms with E-state index in [1.807, 2.05) is 72.8 Å². The molecule has 0 aliphatic carbocycles. The van der Waals surface area contributed by atoms with Crippen LogP contribution in [-0.4, -0.2) is 4.68 Å². The van der Waals surface area contributed by atoms with Gasteiger partial charge >= 0.3 is 0 Å². The fraction of sp³-hybridized carbons (Fsp3) is 0. The Morgan fingerprint density at radius 2 is 1.05 bits per heavy atom. The van der Waals surface area contributed by atoms with E-state index in [4.69, 9.17) is 5.53 Å². The van der Waals surface area contributed by atoms with Gasteiger partial charge in [0.05, 0.1) is 11.4 Å². The molecule has 0 spiro atoms. The van der Waals surface area contributed by atoms with Gasteiger partial charge in [-0.2, -0.15) is 5.53 Å². The summed E-state index contributed by atoms with van der Waals surface area (Å²) in [5, 5.41) is 3.65. The molecular formula is C16H13N3. The molecule has 92 valence electrons. The predicted molar refractivity (Wildman–Crippen MR) is 75.8 cm³/mol. The molecule has 0 radical (unpaired) electrons. The van der Waals surface area contributed by atoms with Gasteiger partial charge in [0.1, 0.15) is 0 Å². The van der Waals surface area contributed by atoms with Crippen LogP contribution in [0.25, 0.3) is 22.5 Å². The standard InChI is InChI=1S/C16H13N3/c17-18-19-15(13-7-3-1-4-8-13)11-12-16(19)14-9-5-2-6-10-14/h1-12,17H. The molecule has 1 heterocycles. The van der Waals surface area contributed by atoms with E-state index in [0.717, 1.165) is 22.5 Å². The summed E-state index contributed by atoms with van der Waals surface area (Å²) < 4.78 is 1.66. The van der Waals surface area contributed by atoms with Crippen LogP contribution in [0.15, 0.2) is 78.0 Å². The fourth-order valence-electron chi connectivity index (χ4n) is 2.19. The van der Waals surface area contributed by atoms with Gasteiger partial charge in [-0.3, -0.25) is 0 Å². The predicted octanol–water partition coefficient (Wildman–Crippen LogP) is 4.62. The Labute approximate surface area is 111 Å². The number of hydrogen-bond acceptors (Lipinski definition) is 2. The Hall–Kier alpha value is -2.68. The van der Waals surface area contributed by atoms with Crippen LogP contribution in [0.5, 0.6) is 0 Å². The van der Waals surface area contributed by atoms with Gasteiger partial charge in [-0.1, -0.05) is 65.9 Å². The minimum absolute atomic E-state index is 0.925. The maximum atomic E-state index is 7.43. The molecule has 0 saturated heterocycles. The van der Waals surface area contributed by atoms with E-state index >= 15 is 0 Å². The van der Waals surface area contributed by atoms with E-state index in [1.54, 1.807) is 4.68 Å². The maximum absolute atomic E-state index is 7.43. The van der Waals surface area contributed by atoms with Gasteiger partial charge in [0.15, 0.2) is 0 Å². The first kappa shape index (κ1) is 11.4. The van der Waals surface area contributed by atoms with Gasteiger partial charge in [0.25, 0.3) is 0 Å². The highest BCUT2D eigenvalue weighted by Gasteiger charge is 2.10.